The number of hydrogen-bond acceptors (Lipinski definition) is 3. The van der Waals surface area contributed by atoms with Crippen LogP contribution in [0.4, 0.5) is 4.39 Å². The Morgan fingerprint density at radius 1 is 1.43 bits per heavy atom. The first-order valence-electron chi connectivity index (χ1n) is 6.65. The first kappa shape index (κ1) is 16.2. The smallest absolute Gasteiger partial charge is 0.261 e. The molecule has 116 valence electrons. The van der Waals surface area contributed by atoms with Gasteiger partial charge in [0.15, 0.2) is 0 Å². The van der Waals surface area contributed by atoms with E-state index in [1.807, 2.05) is 0 Å². The SMILES string of the molecule is Cc1cc(S(=O)(=O)Cl)cc(C(=O)NCC2(C)CCC2)c1F. The second kappa shape index (κ2) is 5.57. The van der Waals surface area contributed by atoms with Gasteiger partial charge in [-0.2, -0.15) is 0 Å². The Balaban J connectivity index is 2.25. The Morgan fingerprint density at radius 2 is 2.05 bits per heavy atom. The zero-order valence-electron chi connectivity index (χ0n) is 11.9. The van der Waals surface area contributed by atoms with E-state index < -0.39 is 20.8 Å². The molecule has 4 nitrogen and oxygen atoms in total. The van der Waals surface area contributed by atoms with Gasteiger partial charge in [0.25, 0.3) is 15.0 Å². The minimum Gasteiger partial charge on any atom is -0.351 e. The second-order valence-electron chi connectivity index (χ2n) is 5.89. The Bertz CT molecular complexity index is 684. The van der Waals surface area contributed by atoms with Crippen molar-refractivity contribution >= 4 is 25.6 Å². The number of carbonyl (C=O) groups excluding carboxylic acids is 1. The molecule has 0 unspecified atom stereocenters. The van der Waals surface area contributed by atoms with Crippen LogP contribution in [0.15, 0.2) is 17.0 Å². The summed E-state index contributed by atoms with van der Waals surface area (Å²) in [6.07, 6.45) is 3.16. The zero-order chi connectivity index (χ0) is 15.8. The monoisotopic (exact) mass is 333 g/mol. The van der Waals surface area contributed by atoms with Crippen LogP contribution >= 0.6 is 10.7 Å². The maximum atomic E-state index is 14.0. The van der Waals surface area contributed by atoms with Gasteiger partial charge in [-0.05, 0) is 42.9 Å². The Labute approximate surface area is 128 Å². The van der Waals surface area contributed by atoms with Gasteiger partial charge in [-0.3, -0.25) is 4.79 Å². The van der Waals surface area contributed by atoms with E-state index in [2.05, 4.69) is 12.2 Å². The molecule has 1 aromatic rings. The second-order valence-corrected chi connectivity index (χ2v) is 8.45. The van der Waals surface area contributed by atoms with Crippen LogP contribution in [0.1, 0.15) is 42.1 Å². The summed E-state index contributed by atoms with van der Waals surface area (Å²) in [6, 6.07) is 2.09. The van der Waals surface area contributed by atoms with Gasteiger partial charge in [-0.1, -0.05) is 13.3 Å². The van der Waals surface area contributed by atoms with Gasteiger partial charge in [0.2, 0.25) is 0 Å². The van der Waals surface area contributed by atoms with Gasteiger partial charge in [0.1, 0.15) is 5.82 Å². The minimum atomic E-state index is -4.01. The van der Waals surface area contributed by atoms with Crippen LogP contribution in [0.2, 0.25) is 0 Å². The van der Waals surface area contributed by atoms with Crippen molar-refractivity contribution in [1.82, 2.24) is 5.32 Å². The fourth-order valence-corrected chi connectivity index (χ4v) is 3.23. The molecular weight excluding hydrogens is 317 g/mol. The summed E-state index contributed by atoms with van der Waals surface area (Å²) in [4.78, 5) is 11.8. The van der Waals surface area contributed by atoms with Crippen molar-refractivity contribution in [3.63, 3.8) is 0 Å². The number of benzene rings is 1. The lowest BCUT2D eigenvalue weighted by Crippen LogP contribution is -2.40. The van der Waals surface area contributed by atoms with Gasteiger partial charge in [0.05, 0.1) is 10.5 Å². The molecule has 0 radical (unpaired) electrons. The van der Waals surface area contributed by atoms with Crippen molar-refractivity contribution in [1.29, 1.82) is 0 Å². The molecule has 1 N–H and O–H groups in total. The lowest BCUT2D eigenvalue weighted by molar-refractivity contribution is 0.0886. The molecule has 1 aromatic carbocycles. The summed E-state index contributed by atoms with van der Waals surface area (Å²) in [7, 11) is 1.25. The molecule has 0 saturated heterocycles. The average molecular weight is 334 g/mol. The van der Waals surface area contributed by atoms with Crippen molar-refractivity contribution < 1.29 is 17.6 Å². The standard InChI is InChI=1S/C14H17ClFNO3S/c1-9-6-10(21(15,19)20)7-11(12(9)16)13(18)17-8-14(2)4-3-5-14/h6-7H,3-5,8H2,1-2H3,(H,17,18). The van der Waals surface area contributed by atoms with Gasteiger partial charge in [0, 0.05) is 17.2 Å². The third kappa shape index (κ3) is 3.55. The predicted octanol–water partition coefficient (Wildman–Crippen LogP) is 2.98. The number of aryl methyl sites for hydroxylation is 1. The number of amides is 1. The Hall–Kier alpha value is -1.14. The highest BCUT2D eigenvalue weighted by Gasteiger charge is 2.32. The van der Waals surface area contributed by atoms with E-state index >= 15 is 0 Å². The number of halogens is 2. The average Bonchev–Trinajstić information content (AvgIpc) is 2.35. The van der Waals surface area contributed by atoms with Crippen LogP contribution < -0.4 is 5.32 Å². The normalized spacial score (nSPS) is 17.1. The van der Waals surface area contributed by atoms with Crippen molar-refractivity contribution in [2.24, 2.45) is 5.41 Å². The van der Waals surface area contributed by atoms with Crippen LogP contribution in [0.25, 0.3) is 0 Å². The molecule has 2 rings (SSSR count). The van der Waals surface area contributed by atoms with E-state index in [1.54, 1.807) is 0 Å². The van der Waals surface area contributed by atoms with E-state index in [1.165, 1.54) is 6.92 Å². The molecule has 1 aliphatic carbocycles. The van der Waals surface area contributed by atoms with Crippen LogP contribution in [-0.4, -0.2) is 20.9 Å². The molecule has 1 saturated carbocycles. The molecule has 1 amide bonds. The Morgan fingerprint density at radius 3 is 2.52 bits per heavy atom. The van der Waals surface area contributed by atoms with Crippen LogP contribution in [0.5, 0.6) is 0 Å². The third-order valence-electron chi connectivity index (χ3n) is 3.99. The summed E-state index contributed by atoms with van der Waals surface area (Å²) in [5.74, 6) is -1.35. The van der Waals surface area contributed by atoms with Gasteiger partial charge < -0.3 is 5.32 Å². The van der Waals surface area contributed by atoms with Crippen LogP contribution in [0.3, 0.4) is 0 Å². The molecule has 0 aliphatic heterocycles. The molecule has 0 spiro atoms. The molecular formula is C14H17ClFNO3S. The largest absolute Gasteiger partial charge is 0.351 e. The molecule has 21 heavy (non-hydrogen) atoms. The molecule has 7 heteroatoms. The van der Waals surface area contributed by atoms with E-state index in [9.17, 15) is 17.6 Å². The van der Waals surface area contributed by atoms with Gasteiger partial charge in [-0.15, -0.1) is 0 Å². The molecule has 0 heterocycles. The topological polar surface area (TPSA) is 63.2 Å². The highest BCUT2D eigenvalue weighted by Crippen LogP contribution is 2.39. The quantitative estimate of drug-likeness (QED) is 0.861. The molecule has 0 aromatic heterocycles. The van der Waals surface area contributed by atoms with E-state index in [-0.39, 0.29) is 21.4 Å². The van der Waals surface area contributed by atoms with Crippen molar-refractivity contribution in [2.45, 2.75) is 38.0 Å². The van der Waals surface area contributed by atoms with E-state index in [4.69, 9.17) is 10.7 Å². The summed E-state index contributed by atoms with van der Waals surface area (Å²) >= 11 is 0. The third-order valence-corrected chi connectivity index (χ3v) is 5.32. The van der Waals surface area contributed by atoms with Crippen molar-refractivity contribution in [3.8, 4) is 0 Å². The fourth-order valence-electron chi connectivity index (χ4n) is 2.39. The first-order chi connectivity index (χ1) is 9.62. The minimum absolute atomic E-state index is 0.0529. The summed E-state index contributed by atoms with van der Waals surface area (Å²) in [5.41, 5.74) is -0.175. The van der Waals surface area contributed by atoms with Crippen LogP contribution in [-0.2, 0) is 9.05 Å². The number of carbonyl (C=O) groups is 1. The van der Waals surface area contributed by atoms with E-state index in [0.717, 1.165) is 31.4 Å². The summed E-state index contributed by atoms with van der Waals surface area (Å²) in [6.45, 7) is 3.89. The van der Waals surface area contributed by atoms with Gasteiger partial charge >= 0.3 is 0 Å². The summed E-state index contributed by atoms with van der Waals surface area (Å²) < 4.78 is 36.7. The molecule has 1 fully saturated rings. The number of hydrogen-bond donors (Lipinski definition) is 1. The zero-order valence-corrected chi connectivity index (χ0v) is 13.4. The maximum absolute atomic E-state index is 14.0. The van der Waals surface area contributed by atoms with Crippen LogP contribution in [0, 0.1) is 18.2 Å². The molecule has 1 aliphatic rings. The number of nitrogens with one attached hydrogen (secondary N) is 1. The molecule has 0 bridgehead atoms. The summed E-state index contributed by atoms with van der Waals surface area (Å²) in [5, 5.41) is 2.67. The predicted molar refractivity (Wildman–Crippen MR) is 78.5 cm³/mol. The highest BCUT2D eigenvalue weighted by molar-refractivity contribution is 8.13. The highest BCUT2D eigenvalue weighted by atomic mass is 35.7. The van der Waals surface area contributed by atoms with Crippen molar-refractivity contribution in [3.05, 3.63) is 29.1 Å². The van der Waals surface area contributed by atoms with E-state index in [0.29, 0.717) is 6.54 Å². The fraction of sp³-hybridized carbons (Fsp3) is 0.500. The molecule has 0 atom stereocenters. The van der Waals surface area contributed by atoms with Gasteiger partial charge in [-0.25, -0.2) is 12.8 Å². The first-order valence-corrected chi connectivity index (χ1v) is 8.96. The maximum Gasteiger partial charge on any atom is 0.261 e. The van der Waals surface area contributed by atoms with Crippen molar-refractivity contribution in [2.75, 3.05) is 6.54 Å². The lowest BCUT2D eigenvalue weighted by atomic mass is 9.70. The number of rotatable bonds is 4. The Kier molecular flexibility index (Phi) is 4.31. The lowest BCUT2D eigenvalue weighted by Gasteiger charge is -2.38.